The summed E-state index contributed by atoms with van der Waals surface area (Å²) in [6, 6.07) is 7.23. The highest BCUT2D eigenvalue weighted by atomic mass is 35.5. The van der Waals surface area contributed by atoms with E-state index in [0.29, 0.717) is 18.7 Å². The fourth-order valence-corrected chi connectivity index (χ4v) is 5.24. The highest BCUT2D eigenvalue weighted by molar-refractivity contribution is 6.31. The van der Waals surface area contributed by atoms with Crippen molar-refractivity contribution in [2.45, 2.75) is 69.4 Å². The molecule has 0 radical (unpaired) electrons. The molecule has 2 aromatic rings. The number of nitrogens with one attached hydrogen (secondary N) is 2. The first-order valence-electron chi connectivity index (χ1n) is 12.4. The average Bonchev–Trinajstić information content (AvgIpc) is 3.13. The lowest BCUT2D eigenvalue weighted by Crippen LogP contribution is -2.55. The quantitative estimate of drug-likeness (QED) is 0.436. The van der Waals surface area contributed by atoms with Crippen LogP contribution in [0.4, 0.5) is 19.0 Å². The molecule has 0 spiro atoms. The Hall–Kier alpha value is -3.54. The molecule has 1 unspecified atom stereocenters. The van der Waals surface area contributed by atoms with Crippen LogP contribution in [0, 0.1) is 0 Å². The Bertz CT molecular complexity index is 1240. The second kappa shape index (κ2) is 10.9. The molecule has 2 amide bonds. The number of hydrogen-bond donors (Lipinski definition) is 3. The summed E-state index contributed by atoms with van der Waals surface area (Å²) in [5.74, 6) is -1.82. The van der Waals surface area contributed by atoms with Crippen LogP contribution in [0.15, 0.2) is 36.5 Å². The van der Waals surface area contributed by atoms with Crippen molar-refractivity contribution in [3.05, 3.63) is 52.7 Å². The van der Waals surface area contributed by atoms with Crippen LogP contribution in [0.1, 0.15) is 60.2 Å². The molecule has 3 atom stereocenters. The zero-order valence-corrected chi connectivity index (χ0v) is 22.0. The molecule has 2 aliphatic heterocycles. The number of pyridine rings is 1. The number of carbonyl (C=O) groups excluding carboxylic acids is 2. The van der Waals surface area contributed by atoms with Gasteiger partial charge in [0.05, 0.1) is 5.56 Å². The van der Waals surface area contributed by atoms with Gasteiger partial charge in [0.1, 0.15) is 23.7 Å². The lowest BCUT2D eigenvalue weighted by atomic mass is 9.96. The zero-order valence-electron chi connectivity index (χ0n) is 21.2. The van der Waals surface area contributed by atoms with Gasteiger partial charge in [-0.25, -0.2) is 9.78 Å². The molecule has 1 aromatic heterocycles. The van der Waals surface area contributed by atoms with Crippen molar-refractivity contribution in [3.63, 3.8) is 0 Å². The number of rotatable bonds is 8. The molecule has 210 valence electrons. The molecule has 9 nitrogen and oxygen atoms in total. The van der Waals surface area contributed by atoms with Crippen molar-refractivity contribution in [1.29, 1.82) is 0 Å². The summed E-state index contributed by atoms with van der Waals surface area (Å²) in [7, 11) is 0. The van der Waals surface area contributed by atoms with Crippen LogP contribution in [-0.4, -0.2) is 64.3 Å². The van der Waals surface area contributed by atoms with E-state index in [0.717, 1.165) is 12.8 Å². The first-order chi connectivity index (χ1) is 18.2. The third kappa shape index (κ3) is 6.73. The third-order valence-electron chi connectivity index (χ3n) is 6.88. The normalized spacial score (nSPS) is 20.9. The van der Waals surface area contributed by atoms with E-state index < -0.39 is 30.2 Å². The number of aromatic carboxylic acids is 1. The molecule has 13 heteroatoms. The maximum atomic E-state index is 13.1. The summed E-state index contributed by atoms with van der Waals surface area (Å²) in [4.78, 5) is 43.2. The van der Waals surface area contributed by atoms with Gasteiger partial charge in [-0.15, -0.1) is 0 Å². The Kier molecular flexibility index (Phi) is 7.97. The lowest BCUT2D eigenvalue weighted by molar-refractivity contribution is -0.135. The number of piperidine rings is 1. The van der Waals surface area contributed by atoms with Gasteiger partial charge in [-0.1, -0.05) is 11.6 Å². The molecule has 0 aliphatic carbocycles. The largest absolute Gasteiger partial charge is 0.478 e. The van der Waals surface area contributed by atoms with Crippen LogP contribution in [0.3, 0.4) is 0 Å². The minimum absolute atomic E-state index is 0.0311. The second-order valence-corrected chi connectivity index (χ2v) is 10.6. The van der Waals surface area contributed by atoms with Gasteiger partial charge in [0, 0.05) is 29.3 Å². The number of benzene rings is 1. The number of carbonyl (C=O) groups is 3. The number of hydrogen-bond acceptors (Lipinski definition) is 6. The summed E-state index contributed by atoms with van der Waals surface area (Å²) < 4.78 is 42.9. The molecular weight excluding hydrogens is 541 g/mol. The monoisotopic (exact) mass is 568 g/mol. The molecule has 2 bridgehead atoms. The average molecular weight is 569 g/mol. The van der Waals surface area contributed by atoms with Crippen molar-refractivity contribution < 1.29 is 37.4 Å². The predicted molar refractivity (Wildman–Crippen MR) is 136 cm³/mol. The van der Waals surface area contributed by atoms with Gasteiger partial charge in [0.25, 0.3) is 11.8 Å². The van der Waals surface area contributed by atoms with E-state index in [1.54, 1.807) is 19.9 Å². The number of halogens is 4. The Balaban J connectivity index is 1.37. The molecule has 39 heavy (non-hydrogen) atoms. The summed E-state index contributed by atoms with van der Waals surface area (Å²) >= 11 is 5.90. The van der Waals surface area contributed by atoms with E-state index in [1.807, 2.05) is 5.32 Å². The fourth-order valence-electron chi connectivity index (χ4n) is 5.06. The van der Waals surface area contributed by atoms with E-state index in [-0.39, 0.29) is 45.9 Å². The van der Waals surface area contributed by atoms with E-state index in [2.05, 4.69) is 15.2 Å². The fraction of sp³-hybridized carbons (Fsp3) is 0.462. The number of anilines is 1. The second-order valence-electron chi connectivity index (χ2n) is 10.2. The van der Waals surface area contributed by atoms with Crippen LogP contribution >= 0.6 is 11.6 Å². The maximum Gasteiger partial charge on any atom is 0.405 e. The first kappa shape index (κ1) is 28.5. The molecule has 0 saturated carbocycles. The smallest absolute Gasteiger partial charge is 0.405 e. The van der Waals surface area contributed by atoms with Gasteiger partial charge in [-0.2, -0.15) is 13.2 Å². The number of aromatic nitrogens is 1. The molecule has 4 rings (SSSR count). The van der Waals surface area contributed by atoms with Crippen LogP contribution in [0.2, 0.25) is 5.02 Å². The van der Waals surface area contributed by atoms with Gasteiger partial charge < -0.3 is 25.4 Å². The number of ether oxygens (including phenoxy) is 1. The van der Waals surface area contributed by atoms with Crippen LogP contribution in [-0.2, 0) is 4.79 Å². The lowest BCUT2D eigenvalue weighted by Gasteiger charge is -2.40. The molecule has 2 saturated heterocycles. The van der Waals surface area contributed by atoms with Crippen LogP contribution < -0.4 is 20.3 Å². The zero-order chi connectivity index (χ0) is 28.5. The van der Waals surface area contributed by atoms with Crippen molar-refractivity contribution >= 4 is 35.2 Å². The van der Waals surface area contributed by atoms with E-state index >= 15 is 0 Å². The minimum Gasteiger partial charge on any atom is -0.478 e. The highest BCUT2D eigenvalue weighted by Gasteiger charge is 2.43. The topological polar surface area (TPSA) is 121 Å². The minimum atomic E-state index is -4.50. The standard InChI is InChI=1S/C26H28ClF3N4O5/c1-25(2,39-20-7-4-15(27)9-19(20)23(36)37)24(38)33-16-10-17-5-6-18(11-16)34(17)21-8-3-14(12-31-21)22(35)32-13-26(28,29)30/h3-4,7-9,12,16-18H,5-6,10-11,13H2,1-2H3,(H,32,35)(H,33,38)(H,36,37)/t16?,17-,18+. The van der Waals surface area contributed by atoms with E-state index in [9.17, 15) is 32.7 Å². The van der Waals surface area contributed by atoms with Gasteiger partial charge in [0.15, 0.2) is 5.60 Å². The highest BCUT2D eigenvalue weighted by Crippen LogP contribution is 2.39. The first-order valence-corrected chi connectivity index (χ1v) is 12.7. The molecule has 1 aromatic carbocycles. The number of fused-ring (bicyclic) bond motifs is 2. The van der Waals surface area contributed by atoms with Crippen molar-refractivity contribution in [2.75, 3.05) is 11.4 Å². The van der Waals surface area contributed by atoms with Crippen molar-refractivity contribution in [1.82, 2.24) is 15.6 Å². The van der Waals surface area contributed by atoms with Crippen molar-refractivity contribution in [2.24, 2.45) is 0 Å². The Labute approximate surface area is 227 Å². The molecule has 3 heterocycles. The SMILES string of the molecule is CC(C)(Oc1ccc(Cl)cc1C(=O)O)C(=O)NC1C[C@H]2CC[C@@H](C1)N2c1ccc(C(=O)NCC(F)(F)F)cn1. The van der Waals surface area contributed by atoms with Gasteiger partial charge >= 0.3 is 12.1 Å². The Morgan fingerprint density at radius 3 is 2.36 bits per heavy atom. The maximum absolute atomic E-state index is 13.1. The molecule has 2 fully saturated rings. The summed E-state index contributed by atoms with van der Waals surface area (Å²) in [6.07, 6.45) is -0.223. The molecular formula is C26H28ClF3N4O5. The van der Waals surface area contributed by atoms with Crippen LogP contribution in [0.25, 0.3) is 0 Å². The number of alkyl halides is 3. The number of carboxylic acid groups (broad SMARTS) is 1. The number of amides is 2. The van der Waals surface area contributed by atoms with Crippen molar-refractivity contribution in [3.8, 4) is 5.75 Å². The number of nitrogens with zero attached hydrogens (tertiary/aromatic N) is 2. The molecule has 3 N–H and O–H groups in total. The Morgan fingerprint density at radius 1 is 1.13 bits per heavy atom. The van der Waals surface area contributed by atoms with E-state index in [4.69, 9.17) is 16.3 Å². The molecule has 2 aliphatic rings. The number of carboxylic acids is 1. The van der Waals surface area contributed by atoms with Gasteiger partial charge in [-0.3, -0.25) is 9.59 Å². The predicted octanol–water partition coefficient (Wildman–Crippen LogP) is 4.20. The van der Waals surface area contributed by atoms with Gasteiger partial charge in [0.2, 0.25) is 0 Å². The summed E-state index contributed by atoms with van der Waals surface area (Å²) in [6.45, 7) is 1.70. The summed E-state index contributed by atoms with van der Waals surface area (Å²) in [5.41, 5.74) is -1.48. The van der Waals surface area contributed by atoms with E-state index in [1.165, 1.54) is 30.5 Å². The summed E-state index contributed by atoms with van der Waals surface area (Å²) in [5, 5.41) is 14.6. The van der Waals surface area contributed by atoms with Crippen LogP contribution in [0.5, 0.6) is 5.75 Å². The Morgan fingerprint density at radius 2 is 1.79 bits per heavy atom. The van der Waals surface area contributed by atoms with Gasteiger partial charge in [-0.05, 0) is 69.9 Å². The third-order valence-corrected chi connectivity index (χ3v) is 7.11.